The zero-order valence-electron chi connectivity index (χ0n) is 15.8. The summed E-state index contributed by atoms with van der Waals surface area (Å²) in [6.07, 6.45) is 6.04. The smallest absolute Gasteiger partial charge is 0.272 e. The zero-order chi connectivity index (χ0) is 19.8. The van der Waals surface area contributed by atoms with E-state index < -0.39 is 9.84 Å². The van der Waals surface area contributed by atoms with Crippen LogP contribution in [0.5, 0.6) is 5.88 Å². The zero-order valence-corrected chi connectivity index (χ0v) is 16.6. The highest BCUT2D eigenvalue weighted by Gasteiger charge is 2.18. The van der Waals surface area contributed by atoms with Crippen LogP contribution in [0.25, 0.3) is 16.8 Å². The van der Waals surface area contributed by atoms with Crippen molar-refractivity contribution in [3.05, 3.63) is 52.2 Å². The van der Waals surface area contributed by atoms with Crippen molar-refractivity contribution < 1.29 is 13.2 Å². The molecule has 0 fully saturated rings. The second kappa shape index (κ2) is 7.19. The van der Waals surface area contributed by atoms with E-state index in [0.29, 0.717) is 35.0 Å². The number of hydrogen-bond donors (Lipinski definition) is 1. The number of H-pyrrole nitrogens is 1. The molecule has 0 bridgehead atoms. The second-order valence-corrected chi connectivity index (χ2v) is 9.33. The molecule has 0 atom stereocenters. The predicted octanol–water partition coefficient (Wildman–Crippen LogP) is 2.58. The van der Waals surface area contributed by atoms with E-state index in [1.807, 2.05) is 26.8 Å². The molecule has 0 radical (unpaired) electrons. The lowest BCUT2D eigenvalue weighted by molar-refractivity contribution is 0.262. The average Bonchev–Trinajstić information content (AvgIpc) is 2.90. The highest BCUT2D eigenvalue weighted by Crippen LogP contribution is 2.32. The molecule has 3 aromatic heterocycles. The van der Waals surface area contributed by atoms with Gasteiger partial charge in [0, 0.05) is 24.8 Å². The number of pyridine rings is 1. The minimum atomic E-state index is -3.20. The molecule has 3 aromatic rings. The number of fused-ring (bicyclic) bond motifs is 1. The minimum absolute atomic E-state index is 0.111. The summed E-state index contributed by atoms with van der Waals surface area (Å²) in [5, 5.41) is 0. The van der Waals surface area contributed by atoms with Crippen molar-refractivity contribution in [1.82, 2.24) is 14.4 Å². The standard InChI is InChI=1S/C19H23N3O4S/c1-12(2)10-26-19-15(8-14(9-21-19)11-27(4,24)25)16-7-13(3)17-18(23)20-5-6-22(16)17/h5-9,12H,10-11H2,1-4H3,(H,20,23). The molecule has 3 heterocycles. The number of rotatable bonds is 6. The van der Waals surface area contributed by atoms with Gasteiger partial charge >= 0.3 is 0 Å². The lowest BCUT2D eigenvalue weighted by Crippen LogP contribution is -2.10. The number of hydrogen-bond acceptors (Lipinski definition) is 5. The highest BCUT2D eigenvalue weighted by molar-refractivity contribution is 7.89. The fourth-order valence-corrected chi connectivity index (χ4v) is 3.74. The van der Waals surface area contributed by atoms with E-state index in [2.05, 4.69) is 9.97 Å². The van der Waals surface area contributed by atoms with E-state index in [4.69, 9.17) is 4.74 Å². The molecule has 0 aliphatic rings. The third kappa shape index (κ3) is 4.21. The van der Waals surface area contributed by atoms with Gasteiger partial charge in [-0.1, -0.05) is 13.8 Å². The molecule has 7 nitrogen and oxygen atoms in total. The van der Waals surface area contributed by atoms with Crippen molar-refractivity contribution >= 4 is 15.4 Å². The van der Waals surface area contributed by atoms with Gasteiger partial charge in [0.25, 0.3) is 5.56 Å². The Bertz CT molecular complexity index is 1140. The quantitative estimate of drug-likeness (QED) is 0.699. The summed E-state index contributed by atoms with van der Waals surface area (Å²) in [6.45, 7) is 6.41. The molecule has 0 unspecified atom stereocenters. The minimum Gasteiger partial charge on any atom is -0.477 e. The van der Waals surface area contributed by atoms with Crippen LogP contribution in [0.2, 0.25) is 0 Å². The van der Waals surface area contributed by atoms with Crippen molar-refractivity contribution in [3.63, 3.8) is 0 Å². The summed E-state index contributed by atoms with van der Waals surface area (Å²) < 4.78 is 31.0. The molecule has 0 saturated heterocycles. The SMILES string of the molecule is Cc1cc(-c2cc(CS(C)(=O)=O)cnc2OCC(C)C)n2cc[nH]c(=O)c12. The fraction of sp³-hybridized carbons (Fsp3) is 0.368. The maximum absolute atomic E-state index is 12.2. The topological polar surface area (TPSA) is 93.5 Å². The van der Waals surface area contributed by atoms with Crippen LogP contribution in [0.1, 0.15) is 25.0 Å². The van der Waals surface area contributed by atoms with E-state index >= 15 is 0 Å². The van der Waals surface area contributed by atoms with Gasteiger partial charge in [-0.25, -0.2) is 13.4 Å². The first kappa shape index (κ1) is 19.2. The van der Waals surface area contributed by atoms with Crippen LogP contribution in [0.4, 0.5) is 0 Å². The van der Waals surface area contributed by atoms with Crippen LogP contribution in [-0.2, 0) is 15.6 Å². The van der Waals surface area contributed by atoms with Gasteiger partial charge in [0.1, 0.15) is 5.52 Å². The molecular formula is C19H23N3O4S. The normalized spacial score (nSPS) is 12.0. The Balaban J connectivity index is 2.21. The van der Waals surface area contributed by atoms with E-state index in [1.165, 1.54) is 12.5 Å². The molecule has 0 saturated carbocycles. The van der Waals surface area contributed by atoms with E-state index in [9.17, 15) is 13.2 Å². The van der Waals surface area contributed by atoms with Gasteiger partial charge in [-0.3, -0.25) is 4.79 Å². The molecule has 1 N–H and O–H groups in total. The van der Waals surface area contributed by atoms with Gasteiger partial charge in [-0.2, -0.15) is 0 Å². The monoisotopic (exact) mass is 389 g/mol. The average molecular weight is 389 g/mol. The van der Waals surface area contributed by atoms with E-state index in [1.54, 1.807) is 22.9 Å². The summed E-state index contributed by atoms with van der Waals surface area (Å²) in [5.41, 5.74) is 3.12. The van der Waals surface area contributed by atoms with Gasteiger partial charge in [0.05, 0.1) is 23.6 Å². The van der Waals surface area contributed by atoms with Gasteiger partial charge in [-0.15, -0.1) is 0 Å². The lowest BCUT2D eigenvalue weighted by Gasteiger charge is -2.13. The van der Waals surface area contributed by atoms with Crippen LogP contribution < -0.4 is 10.3 Å². The van der Waals surface area contributed by atoms with Crippen LogP contribution in [0.3, 0.4) is 0 Å². The predicted molar refractivity (Wildman–Crippen MR) is 105 cm³/mol. The van der Waals surface area contributed by atoms with Gasteiger partial charge in [-0.05, 0) is 36.1 Å². The first-order chi connectivity index (χ1) is 12.7. The number of ether oxygens (including phenoxy) is 1. The Hall–Kier alpha value is -2.61. The molecule has 3 rings (SSSR count). The Labute approximate surface area is 158 Å². The van der Waals surface area contributed by atoms with Crippen molar-refractivity contribution in [2.45, 2.75) is 26.5 Å². The Morgan fingerprint density at radius 2 is 2.04 bits per heavy atom. The number of nitrogens with one attached hydrogen (secondary N) is 1. The summed E-state index contributed by atoms with van der Waals surface area (Å²) in [5.74, 6) is 0.616. The van der Waals surface area contributed by atoms with Gasteiger partial charge in [0.2, 0.25) is 5.88 Å². The molecule has 0 aromatic carbocycles. The third-order valence-corrected chi connectivity index (χ3v) is 4.90. The number of aromatic nitrogens is 3. The summed E-state index contributed by atoms with van der Waals surface area (Å²) in [4.78, 5) is 19.2. The highest BCUT2D eigenvalue weighted by atomic mass is 32.2. The molecule has 0 spiro atoms. The summed E-state index contributed by atoms with van der Waals surface area (Å²) >= 11 is 0. The van der Waals surface area contributed by atoms with Crippen molar-refractivity contribution in [2.24, 2.45) is 5.92 Å². The van der Waals surface area contributed by atoms with E-state index in [0.717, 1.165) is 11.3 Å². The molecule has 0 amide bonds. The Morgan fingerprint density at radius 1 is 1.30 bits per heavy atom. The molecule has 8 heteroatoms. The summed E-state index contributed by atoms with van der Waals surface area (Å²) in [6, 6.07) is 3.65. The van der Waals surface area contributed by atoms with Crippen LogP contribution in [0.15, 0.2) is 35.5 Å². The van der Waals surface area contributed by atoms with Crippen LogP contribution in [0, 0.1) is 12.8 Å². The third-order valence-electron chi connectivity index (χ3n) is 4.05. The molecule has 27 heavy (non-hydrogen) atoms. The largest absolute Gasteiger partial charge is 0.477 e. The number of aryl methyl sites for hydroxylation is 1. The van der Waals surface area contributed by atoms with Gasteiger partial charge in [0.15, 0.2) is 9.84 Å². The molecule has 144 valence electrons. The lowest BCUT2D eigenvalue weighted by atomic mass is 10.1. The van der Waals surface area contributed by atoms with Crippen molar-refractivity contribution in [1.29, 1.82) is 0 Å². The van der Waals surface area contributed by atoms with Crippen molar-refractivity contribution in [2.75, 3.05) is 12.9 Å². The van der Waals surface area contributed by atoms with Crippen molar-refractivity contribution in [3.8, 4) is 17.1 Å². The summed E-state index contributed by atoms with van der Waals surface area (Å²) in [7, 11) is -3.20. The number of sulfone groups is 1. The molecule has 0 aliphatic heterocycles. The van der Waals surface area contributed by atoms with Crippen LogP contribution >= 0.6 is 0 Å². The van der Waals surface area contributed by atoms with Crippen LogP contribution in [-0.4, -0.2) is 35.6 Å². The molecular weight excluding hydrogens is 366 g/mol. The Morgan fingerprint density at radius 3 is 2.70 bits per heavy atom. The van der Waals surface area contributed by atoms with E-state index in [-0.39, 0.29) is 11.3 Å². The Kier molecular flexibility index (Phi) is 5.10. The maximum Gasteiger partial charge on any atom is 0.272 e. The number of nitrogens with zero attached hydrogens (tertiary/aromatic N) is 2. The fourth-order valence-electron chi connectivity index (χ4n) is 2.98. The number of aromatic amines is 1. The second-order valence-electron chi connectivity index (χ2n) is 7.19. The first-order valence-corrected chi connectivity index (χ1v) is 10.7. The molecule has 0 aliphatic carbocycles. The van der Waals surface area contributed by atoms with Gasteiger partial charge < -0.3 is 14.1 Å². The maximum atomic E-state index is 12.2. The first-order valence-electron chi connectivity index (χ1n) is 8.65.